The number of hydrogen-bond acceptors (Lipinski definition) is 8. The largest absolute Gasteiger partial charge is 0.459 e. The van der Waals surface area contributed by atoms with Crippen LogP contribution in [0.5, 0.6) is 0 Å². The van der Waals surface area contributed by atoms with Gasteiger partial charge in [0.2, 0.25) is 0 Å². The van der Waals surface area contributed by atoms with E-state index in [1.54, 1.807) is 24.3 Å². The van der Waals surface area contributed by atoms with Gasteiger partial charge in [0.25, 0.3) is 23.6 Å². The van der Waals surface area contributed by atoms with Crippen molar-refractivity contribution in [2.75, 3.05) is 23.7 Å². The lowest BCUT2D eigenvalue weighted by Gasteiger charge is -2.13. The summed E-state index contributed by atoms with van der Waals surface area (Å²) in [7, 11) is 0. The number of fused-ring (bicyclic) bond motifs is 2. The van der Waals surface area contributed by atoms with Crippen molar-refractivity contribution >= 4 is 66.4 Å². The molecule has 214 valence electrons. The second-order valence-corrected chi connectivity index (χ2v) is 11.7. The molecule has 4 heterocycles. The van der Waals surface area contributed by atoms with E-state index in [4.69, 9.17) is 8.83 Å². The third-order valence-electron chi connectivity index (χ3n) is 6.86. The minimum absolute atomic E-state index is 0.136. The van der Waals surface area contributed by atoms with Crippen molar-refractivity contribution in [2.45, 2.75) is 25.7 Å². The van der Waals surface area contributed by atoms with Crippen LogP contribution in [0, 0.1) is 0 Å². The Hall–Kier alpha value is -4.68. The fraction of sp³-hybridized carbons (Fsp3) is 0.200. The van der Waals surface area contributed by atoms with Crippen LogP contribution < -0.4 is 21.3 Å². The van der Waals surface area contributed by atoms with Gasteiger partial charge in [-0.3, -0.25) is 19.2 Å². The van der Waals surface area contributed by atoms with Gasteiger partial charge in [0.15, 0.2) is 11.5 Å². The van der Waals surface area contributed by atoms with Gasteiger partial charge in [0, 0.05) is 28.1 Å². The molecule has 6 rings (SSSR count). The Morgan fingerprint density at radius 2 is 1.26 bits per heavy atom. The number of amides is 4. The average Bonchev–Trinajstić information content (AvgIpc) is 3.80. The van der Waals surface area contributed by atoms with Crippen molar-refractivity contribution in [1.82, 2.24) is 10.6 Å². The first-order valence-corrected chi connectivity index (χ1v) is 15.0. The molecular formula is C30H26N4O6S2. The average molecular weight is 603 g/mol. The normalized spacial score (nSPS) is 12.5. The van der Waals surface area contributed by atoms with Gasteiger partial charge in [0.05, 0.1) is 23.7 Å². The molecule has 0 aliphatic heterocycles. The molecule has 0 spiro atoms. The Kier molecular flexibility index (Phi) is 7.89. The molecule has 0 fully saturated rings. The predicted octanol–water partition coefficient (Wildman–Crippen LogP) is 5.69. The summed E-state index contributed by atoms with van der Waals surface area (Å²) in [5.41, 5.74) is 1.77. The van der Waals surface area contributed by atoms with E-state index in [0.717, 1.165) is 40.8 Å². The Morgan fingerprint density at radius 3 is 1.90 bits per heavy atom. The van der Waals surface area contributed by atoms with Crippen molar-refractivity contribution in [1.29, 1.82) is 0 Å². The second-order valence-electron chi connectivity index (χ2n) is 9.59. The number of nitrogens with one attached hydrogen (secondary N) is 4. The molecule has 12 heteroatoms. The maximum Gasteiger partial charge on any atom is 0.291 e. The van der Waals surface area contributed by atoms with Gasteiger partial charge in [-0.25, -0.2) is 0 Å². The van der Waals surface area contributed by atoms with Crippen LogP contribution in [0.4, 0.5) is 10.0 Å². The summed E-state index contributed by atoms with van der Waals surface area (Å²) >= 11 is 2.71. The summed E-state index contributed by atoms with van der Waals surface area (Å²) in [4.78, 5) is 53.1. The van der Waals surface area contributed by atoms with Crippen LogP contribution in [0.3, 0.4) is 0 Å². The smallest absolute Gasteiger partial charge is 0.291 e. The maximum absolute atomic E-state index is 13.4. The van der Waals surface area contributed by atoms with Gasteiger partial charge in [-0.1, -0.05) is 18.2 Å². The molecule has 1 aliphatic carbocycles. The Balaban J connectivity index is 1.13. The number of rotatable bonds is 9. The van der Waals surface area contributed by atoms with Crippen molar-refractivity contribution in [3.05, 3.63) is 94.1 Å². The number of furan rings is 2. The monoisotopic (exact) mass is 602 g/mol. The van der Waals surface area contributed by atoms with Gasteiger partial charge in [0.1, 0.15) is 10.0 Å². The molecule has 0 unspecified atom stereocenters. The molecule has 10 nitrogen and oxygen atoms in total. The van der Waals surface area contributed by atoms with Crippen LogP contribution in [0.2, 0.25) is 0 Å². The van der Waals surface area contributed by atoms with Crippen LogP contribution in [0.25, 0.3) is 10.1 Å². The fourth-order valence-corrected chi connectivity index (χ4v) is 7.30. The van der Waals surface area contributed by atoms with Gasteiger partial charge in [-0.05, 0) is 61.6 Å². The zero-order valence-electron chi connectivity index (χ0n) is 22.3. The zero-order chi connectivity index (χ0) is 29.1. The van der Waals surface area contributed by atoms with Crippen LogP contribution in [-0.2, 0) is 12.8 Å². The molecule has 1 aliphatic rings. The summed E-state index contributed by atoms with van der Waals surface area (Å²) in [6, 6.07) is 13.7. The number of carbonyl (C=O) groups excluding carboxylic acids is 4. The van der Waals surface area contributed by atoms with Crippen molar-refractivity contribution in [3.63, 3.8) is 0 Å². The summed E-state index contributed by atoms with van der Waals surface area (Å²) in [6.07, 6.45) is 6.46. The van der Waals surface area contributed by atoms with Crippen LogP contribution in [0.1, 0.15) is 65.1 Å². The number of anilines is 2. The van der Waals surface area contributed by atoms with E-state index in [0.29, 0.717) is 26.5 Å². The van der Waals surface area contributed by atoms with E-state index < -0.39 is 11.8 Å². The lowest BCUT2D eigenvalue weighted by Crippen LogP contribution is -2.35. The maximum atomic E-state index is 13.4. The van der Waals surface area contributed by atoms with Gasteiger partial charge >= 0.3 is 0 Å². The zero-order valence-corrected chi connectivity index (χ0v) is 23.9. The highest BCUT2D eigenvalue weighted by Gasteiger charge is 2.27. The van der Waals surface area contributed by atoms with Gasteiger partial charge < -0.3 is 30.1 Å². The molecule has 0 radical (unpaired) electrons. The molecule has 0 saturated heterocycles. The standard InChI is InChI=1S/C30H26N4O6S2/c35-25(19-9-5-15-39-19)33-29-23(17-7-1-3-11-21(17)41-29)27(37)31-13-14-32-28(38)24-18-8-2-4-12-22(18)42-30(24)34-26(36)20-10-6-16-40-20/h1,3,5-7,9-11,15-16H,2,4,8,12-14H2,(H,31,37)(H,32,38)(H,33,35)(H,34,36). The SMILES string of the molecule is O=C(Nc1sc2c(c1C(=O)NCCNC(=O)c1c(NC(=O)c3ccco3)sc3ccccc13)CCCC2)c1ccco1. The van der Waals surface area contributed by atoms with Gasteiger partial charge in [-0.2, -0.15) is 0 Å². The van der Waals surface area contributed by atoms with Crippen LogP contribution in [-0.4, -0.2) is 36.7 Å². The Bertz CT molecular complexity index is 1770. The van der Waals surface area contributed by atoms with E-state index in [-0.39, 0.29) is 36.4 Å². The first-order chi connectivity index (χ1) is 20.5. The lowest BCUT2D eigenvalue weighted by molar-refractivity contribution is 0.0928. The number of carbonyl (C=O) groups is 4. The summed E-state index contributed by atoms with van der Waals surface area (Å²) in [6.45, 7) is 0.317. The summed E-state index contributed by atoms with van der Waals surface area (Å²) < 4.78 is 11.2. The molecule has 0 atom stereocenters. The Labute approximate surface area is 248 Å². The topological polar surface area (TPSA) is 143 Å². The van der Waals surface area contributed by atoms with Crippen molar-refractivity contribution < 1.29 is 28.0 Å². The highest BCUT2D eigenvalue weighted by atomic mass is 32.1. The van der Waals surface area contributed by atoms with E-state index in [9.17, 15) is 19.2 Å². The number of hydrogen-bond donors (Lipinski definition) is 4. The third kappa shape index (κ3) is 5.58. The van der Waals surface area contributed by atoms with Crippen LogP contribution >= 0.6 is 22.7 Å². The second kappa shape index (κ2) is 12.0. The minimum Gasteiger partial charge on any atom is -0.459 e. The molecule has 42 heavy (non-hydrogen) atoms. The van der Waals surface area contributed by atoms with Crippen molar-refractivity contribution in [2.24, 2.45) is 0 Å². The highest BCUT2D eigenvalue weighted by molar-refractivity contribution is 7.23. The molecule has 4 aromatic heterocycles. The predicted molar refractivity (Wildman–Crippen MR) is 161 cm³/mol. The van der Waals surface area contributed by atoms with Crippen LogP contribution in [0.15, 0.2) is 69.9 Å². The van der Waals surface area contributed by atoms with E-state index in [1.165, 1.54) is 35.2 Å². The molecule has 0 saturated carbocycles. The molecule has 4 N–H and O–H groups in total. The summed E-state index contributed by atoms with van der Waals surface area (Å²) in [5, 5.41) is 13.0. The lowest BCUT2D eigenvalue weighted by atomic mass is 9.95. The first-order valence-electron chi connectivity index (χ1n) is 13.4. The minimum atomic E-state index is -0.457. The van der Waals surface area contributed by atoms with Crippen molar-refractivity contribution in [3.8, 4) is 0 Å². The summed E-state index contributed by atoms with van der Waals surface area (Å²) in [5.74, 6) is -1.27. The molecule has 5 aromatic rings. The molecule has 4 amide bonds. The van der Waals surface area contributed by atoms with E-state index >= 15 is 0 Å². The Morgan fingerprint density at radius 1 is 0.667 bits per heavy atom. The van der Waals surface area contributed by atoms with Gasteiger partial charge in [-0.15, -0.1) is 22.7 Å². The van der Waals surface area contributed by atoms with E-state index in [1.807, 2.05) is 24.3 Å². The quantitative estimate of drug-likeness (QED) is 0.160. The number of thiophene rings is 2. The third-order valence-corrected chi connectivity index (χ3v) is 9.15. The number of benzene rings is 1. The van der Waals surface area contributed by atoms with E-state index in [2.05, 4.69) is 21.3 Å². The first kappa shape index (κ1) is 27.5. The molecule has 0 bridgehead atoms. The fourth-order valence-electron chi connectivity index (χ4n) is 4.93. The number of aryl methyl sites for hydroxylation is 1. The highest BCUT2D eigenvalue weighted by Crippen LogP contribution is 2.39. The molecule has 1 aromatic carbocycles. The molecular weight excluding hydrogens is 576 g/mol.